The van der Waals surface area contributed by atoms with Crippen LogP contribution in [0.4, 0.5) is 30.2 Å². The van der Waals surface area contributed by atoms with Crippen LogP contribution < -0.4 is 14.5 Å². The third-order valence-corrected chi connectivity index (χ3v) is 6.85. The molecule has 0 saturated carbocycles. The summed E-state index contributed by atoms with van der Waals surface area (Å²) >= 11 is 0. The molecule has 2 saturated heterocycles. The van der Waals surface area contributed by atoms with Crippen LogP contribution in [0.1, 0.15) is 31.2 Å². The number of benzene rings is 2. The van der Waals surface area contributed by atoms with Gasteiger partial charge in [0.15, 0.2) is 0 Å². The third kappa shape index (κ3) is 4.29. The van der Waals surface area contributed by atoms with E-state index in [4.69, 9.17) is 0 Å². The quantitative estimate of drug-likeness (QED) is 0.677. The standard InChI is InChI=1S/C21H20F3N3O4S/c22-21(23,24)14-3-8-18(26-11-1-2-12-26)17(13-14)25-32(30,31)16-6-4-15(5-7-16)27-19(28)9-10-20(27)29/h3-8,13,25H,1-2,9-12H2. The van der Waals surface area contributed by atoms with E-state index in [1.54, 1.807) is 0 Å². The fourth-order valence-corrected chi connectivity index (χ4v) is 4.94. The summed E-state index contributed by atoms with van der Waals surface area (Å²) in [6, 6.07) is 8.07. The van der Waals surface area contributed by atoms with Gasteiger partial charge in [-0.05, 0) is 55.3 Å². The summed E-state index contributed by atoms with van der Waals surface area (Å²) < 4.78 is 67.9. The van der Waals surface area contributed by atoms with E-state index < -0.39 is 21.8 Å². The zero-order valence-electron chi connectivity index (χ0n) is 16.9. The van der Waals surface area contributed by atoms with E-state index in [2.05, 4.69) is 4.72 Å². The normalized spacial score (nSPS) is 17.3. The van der Waals surface area contributed by atoms with Gasteiger partial charge < -0.3 is 4.90 Å². The first-order valence-corrected chi connectivity index (χ1v) is 11.5. The molecule has 2 aliphatic rings. The van der Waals surface area contributed by atoms with Crippen LogP contribution in [0.15, 0.2) is 47.4 Å². The molecule has 2 amide bonds. The Hall–Kier alpha value is -3.08. The van der Waals surface area contributed by atoms with E-state index in [1.807, 2.05) is 4.90 Å². The predicted octanol–water partition coefficient (Wildman–Crippen LogP) is 3.76. The lowest BCUT2D eigenvalue weighted by molar-refractivity contribution is -0.137. The molecule has 7 nitrogen and oxygen atoms in total. The number of nitrogens with zero attached hydrogens (tertiary/aromatic N) is 2. The summed E-state index contributed by atoms with van der Waals surface area (Å²) in [4.78, 5) is 26.3. The molecule has 0 bridgehead atoms. The highest BCUT2D eigenvalue weighted by molar-refractivity contribution is 7.92. The summed E-state index contributed by atoms with van der Waals surface area (Å²) in [7, 11) is -4.23. The number of carbonyl (C=O) groups excluding carboxylic acids is 2. The first-order valence-electron chi connectivity index (χ1n) is 10.0. The first kappa shape index (κ1) is 22.1. The number of rotatable bonds is 5. The minimum atomic E-state index is -4.62. The lowest BCUT2D eigenvalue weighted by Crippen LogP contribution is -2.28. The molecular formula is C21H20F3N3O4S. The summed E-state index contributed by atoms with van der Waals surface area (Å²) in [5.74, 6) is -0.745. The maximum atomic E-state index is 13.2. The molecular weight excluding hydrogens is 447 g/mol. The number of hydrogen-bond acceptors (Lipinski definition) is 5. The molecule has 0 spiro atoms. The molecule has 2 aromatic carbocycles. The number of anilines is 3. The maximum absolute atomic E-state index is 13.2. The van der Waals surface area contributed by atoms with Crippen molar-refractivity contribution in [1.29, 1.82) is 0 Å². The highest BCUT2D eigenvalue weighted by Gasteiger charge is 2.33. The van der Waals surface area contributed by atoms with Gasteiger partial charge in [-0.25, -0.2) is 8.42 Å². The highest BCUT2D eigenvalue weighted by atomic mass is 32.2. The van der Waals surface area contributed by atoms with Crippen molar-refractivity contribution in [1.82, 2.24) is 0 Å². The Morgan fingerprint density at radius 1 is 0.875 bits per heavy atom. The van der Waals surface area contributed by atoms with Gasteiger partial charge in [0.25, 0.3) is 10.0 Å². The van der Waals surface area contributed by atoms with Crippen molar-refractivity contribution in [3.05, 3.63) is 48.0 Å². The minimum Gasteiger partial charge on any atom is -0.370 e. The molecule has 0 radical (unpaired) electrons. The summed E-state index contributed by atoms with van der Waals surface area (Å²) in [6.45, 7) is 1.24. The Morgan fingerprint density at radius 3 is 2.03 bits per heavy atom. The second-order valence-electron chi connectivity index (χ2n) is 7.65. The Kier molecular flexibility index (Phi) is 5.61. The van der Waals surface area contributed by atoms with Crippen LogP contribution in [-0.4, -0.2) is 33.3 Å². The number of hydrogen-bond donors (Lipinski definition) is 1. The number of imide groups is 1. The van der Waals surface area contributed by atoms with Crippen LogP contribution in [0.5, 0.6) is 0 Å². The van der Waals surface area contributed by atoms with Crippen LogP contribution in [-0.2, 0) is 25.8 Å². The monoisotopic (exact) mass is 467 g/mol. The van der Waals surface area contributed by atoms with Crippen molar-refractivity contribution in [2.24, 2.45) is 0 Å². The lowest BCUT2D eigenvalue weighted by Gasteiger charge is -2.23. The van der Waals surface area contributed by atoms with Crippen molar-refractivity contribution in [3.63, 3.8) is 0 Å². The van der Waals surface area contributed by atoms with Crippen molar-refractivity contribution < 1.29 is 31.2 Å². The van der Waals surface area contributed by atoms with E-state index in [-0.39, 0.29) is 40.9 Å². The molecule has 2 aliphatic heterocycles. The first-order chi connectivity index (χ1) is 15.1. The fourth-order valence-electron chi connectivity index (χ4n) is 3.87. The van der Waals surface area contributed by atoms with E-state index >= 15 is 0 Å². The minimum absolute atomic E-state index is 0.0925. The molecule has 170 valence electrons. The average Bonchev–Trinajstić information content (AvgIpc) is 3.37. The molecule has 0 aromatic heterocycles. The molecule has 11 heteroatoms. The third-order valence-electron chi connectivity index (χ3n) is 5.47. The highest BCUT2D eigenvalue weighted by Crippen LogP contribution is 2.37. The largest absolute Gasteiger partial charge is 0.416 e. The number of nitrogens with one attached hydrogen (secondary N) is 1. The van der Waals surface area contributed by atoms with Crippen LogP contribution in [0.2, 0.25) is 0 Å². The van der Waals surface area contributed by atoms with Gasteiger partial charge in [0.05, 0.1) is 27.5 Å². The van der Waals surface area contributed by atoms with E-state index in [0.717, 1.165) is 29.9 Å². The molecule has 2 fully saturated rings. The van der Waals surface area contributed by atoms with Gasteiger partial charge in [0.2, 0.25) is 11.8 Å². The summed E-state index contributed by atoms with van der Waals surface area (Å²) in [6.07, 6.45) is -2.71. The van der Waals surface area contributed by atoms with Crippen LogP contribution in [0.25, 0.3) is 0 Å². The summed E-state index contributed by atoms with van der Waals surface area (Å²) in [5, 5.41) is 0. The molecule has 1 N–H and O–H groups in total. The van der Waals surface area contributed by atoms with Gasteiger partial charge in [-0.1, -0.05) is 0 Å². The molecule has 2 aromatic rings. The smallest absolute Gasteiger partial charge is 0.370 e. The Bertz CT molecular complexity index is 1140. The van der Waals surface area contributed by atoms with Crippen molar-refractivity contribution in [2.75, 3.05) is 27.6 Å². The van der Waals surface area contributed by atoms with E-state index in [1.165, 1.54) is 30.3 Å². The summed E-state index contributed by atoms with van der Waals surface area (Å²) in [5.41, 5.74) is -0.493. The zero-order chi connectivity index (χ0) is 23.1. The van der Waals surface area contributed by atoms with E-state index in [9.17, 15) is 31.2 Å². The number of halogens is 3. The fraction of sp³-hybridized carbons (Fsp3) is 0.333. The SMILES string of the molecule is O=C1CCC(=O)N1c1ccc(S(=O)(=O)Nc2cc(C(F)(F)F)ccc2N2CCCC2)cc1. The second-order valence-corrected chi connectivity index (χ2v) is 9.33. The Balaban J connectivity index is 1.65. The van der Waals surface area contributed by atoms with Gasteiger partial charge >= 0.3 is 6.18 Å². The van der Waals surface area contributed by atoms with Crippen LogP contribution in [0, 0.1) is 0 Å². The second kappa shape index (κ2) is 8.12. The topological polar surface area (TPSA) is 86.8 Å². The van der Waals surface area contributed by atoms with Gasteiger partial charge in [-0.3, -0.25) is 19.2 Å². The molecule has 0 atom stereocenters. The number of carbonyl (C=O) groups is 2. The molecule has 2 heterocycles. The maximum Gasteiger partial charge on any atom is 0.416 e. The van der Waals surface area contributed by atoms with Gasteiger partial charge in [0.1, 0.15) is 0 Å². The van der Waals surface area contributed by atoms with Crippen molar-refractivity contribution in [2.45, 2.75) is 36.8 Å². The van der Waals surface area contributed by atoms with Gasteiger partial charge in [-0.2, -0.15) is 13.2 Å². The molecule has 32 heavy (non-hydrogen) atoms. The van der Waals surface area contributed by atoms with Gasteiger partial charge in [0, 0.05) is 25.9 Å². The number of alkyl halides is 3. The van der Waals surface area contributed by atoms with Crippen LogP contribution >= 0.6 is 0 Å². The molecule has 4 rings (SSSR count). The van der Waals surface area contributed by atoms with Crippen molar-refractivity contribution >= 4 is 38.9 Å². The Labute approximate surface area is 182 Å². The zero-order valence-corrected chi connectivity index (χ0v) is 17.7. The van der Waals surface area contributed by atoms with Crippen molar-refractivity contribution in [3.8, 4) is 0 Å². The Morgan fingerprint density at radius 2 is 1.47 bits per heavy atom. The van der Waals surface area contributed by atoms with Gasteiger partial charge in [-0.15, -0.1) is 0 Å². The number of amides is 2. The van der Waals surface area contributed by atoms with E-state index in [0.29, 0.717) is 18.8 Å². The lowest BCUT2D eigenvalue weighted by atomic mass is 10.1. The number of sulfonamides is 1. The predicted molar refractivity (Wildman–Crippen MR) is 112 cm³/mol. The molecule has 0 aliphatic carbocycles. The average molecular weight is 467 g/mol. The molecule has 0 unspecified atom stereocenters. The van der Waals surface area contributed by atoms with Crippen LogP contribution in [0.3, 0.4) is 0 Å².